The first kappa shape index (κ1) is 17.1. The van der Waals surface area contributed by atoms with Crippen molar-refractivity contribution in [2.45, 2.75) is 39.3 Å². The molecule has 0 radical (unpaired) electrons. The molecule has 0 aliphatic rings. The minimum absolute atomic E-state index is 0.0789. The fraction of sp³-hybridized carbons (Fsp3) is 0.500. The van der Waals surface area contributed by atoms with Crippen molar-refractivity contribution in [1.29, 1.82) is 0 Å². The standard InChI is InChI=1S/C14H19Cl2NO3/c1-4-19-14(18)9(3)20-13-10(5-8(2)17)6-11(15)7-12(13)16/h6-9H,4-5,17H2,1-3H3. The number of carbonyl (C=O) groups excluding carboxylic acids is 1. The van der Waals surface area contributed by atoms with Crippen molar-refractivity contribution in [3.8, 4) is 5.75 Å². The number of ether oxygens (including phenoxy) is 2. The van der Waals surface area contributed by atoms with Gasteiger partial charge in [0, 0.05) is 11.1 Å². The molecule has 0 aliphatic heterocycles. The van der Waals surface area contributed by atoms with Crippen LogP contribution in [-0.4, -0.2) is 24.7 Å². The molecule has 20 heavy (non-hydrogen) atoms. The summed E-state index contributed by atoms with van der Waals surface area (Å²) in [6.45, 7) is 5.51. The van der Waals surface area contributed by atoms with Crippen LogP contribution in [0.2, 0.25) is 10.0 Å². The summed E-state index contributed by atoms with van der Waals surface area (Å²) in [5, 5.41) is 0.853. The van der Waals surface area contributed by atoms with Crippen LogP contribution in [0, 0.1) is 0 Å². The molecule has 1 aromatic rings. The van der Waals surface area contributed by atoms with E-state index in [1.54, 1.807) is 26.0 Å². The number of carbonyl (C=O) groups is 1. The third-order valence-corrected chi connectivity index (χ3v) is 3.04. The first-order chi connectivity index (χ1) is 9.35. The molecular weight excluding hydrogens is 301 g/mol. The number of hydrogen-bond acceptors (Lipinski definition) is 4. The Hall–Kier alpha value is -0.970. The second kappa shape index (κ2) is 7.72. The molecule has 0 fully saturated rings. The van der Waals surface area contributed by atoms with E-state index in [0.29, 0.717) is 28.8 Å². The summed E-state index contributed by atoms with van der Waals surface area (Å²) in [5.74, 6) is -0.0146. The lowest BCUT2D eigenvalue weighted by Crippen LogP contribution is -2.27. The Morgan fingerprint density at radius 1 is 1.35 bits per heavy atom. The van der Waals surface area contributed by atoms with E-state index in [2.05, 4.69) is 0 Å². The second-order valence-electron chi connectivity index (χ2n) is 4.57. The molecule has 0 spiro atoms. The zero-order chi connectivity index (χ0) is 15.3. The molecule has 2 N–H and O–H groups in total. The molecule has 1 aromatic carbocycles. The number of rotatable bonds is 6. The molecule has 4 nitrogen and oxygen atoms in total. The summed E-state index contributed by atoms with van der Waals surface area (Å²) in [5.41, 5.74) is 6.57. The summed E-state index contributed by atoms with van der Waals surface area (Å²) in [4.78, 5) is 11.6. The fourth-order valence-corrected chi connectivity index (χ4v) is 2.31. The number of nitrogens with two attached hydrogens (primary N) is 1. The molecule has 2 atom stereocenters. The summed E-state index contributed by atoms with van der Waals surface area (Å²) in [7, 11) is 0. The Balaban J connectivity index is 3.00. The van der Waals surface area contributed by atoms with Crippen molar-refractivity contribution in [2.75, 3.05) is 6.61 Å². The van der Waals surface area contributed by atoms with Gasteiger partial charge in [-0.3, -0.25) is 0 Å². The van der Waals surface area contributed by atoms with Crippen molar-refractivity contribution < 1.29 is 14.3 Å². The van der Waals surface area contributed by atoms with Gasteiger partial charge in [0.1, 0.15) is 5.75 Å². The van der Waals surface area contributed by atoms with Gasteiger partial charge in [0.05, 0.1) is 11.6 Å². The minimum atomic E-state index is -0.750. The molecular formula is C14H19Cl2NO3. The number of benzene rings is 1. The maximum absolute atomic E-state index is 11.6. The van der Waals surface area contributed by atoms with Gasteiger partial charge in [-0.15, -0.1) is 0 Å². The Labute approximate surface area is 129 Å². The molecule has 0 aliphatic carbocycles. The van der Waals surface area contributed by atoms with Crippen molar-refractivity contribution in [1.82, 2.24) is 0 Å². The maximum Gasteiger partial charge on any atom is 0.347 e. The van der Waals surface area contributed by atoms with Crippen LogP contribution in [0.15, 0.2) is 12.1 Å². The van der Waals surface area contributed by atoms with Crippen LogP contribution in [0.25, 0.3) is 0 Å². The molecule has 0 bridgehead atoms. The highest BCUT2D eigenvalue weighted by Crippen LogP contribution is 2.34. The van der Waals surface area contributed by atoms with Gasteiger partial charge in [0.15, 0.2) is 6.10 Å². The number of halogens is 2. The highest BCUT2D eigenvalue weighted by atomic mass is 35.5. The highest BCUT2D eigenvalue weighted by Gasteiger charge is 2.20. The summed E-state index contributed by atoms with van der Waals surface area (Å²) in [6, 6.07) is 3.23. The highest BCUT2D eigenvalue weighted by molar-refractivity contribution is 6.35. The minimum Gasteiger partial charge on any atom is -0.477 e. The van der Waals surface area contributed by atoms with Crippen LogP contribution >= 0.6 is 23.2 Å². The quantitative estimate of drug-likeness (QED) is 0.818. The molecule has 0 saturated heterocycles. The number of hydrogen-bond donors (Lipinski definition) is 1. The number of esters is 1. The van der Waals surface area contributed by atoms with E-state index in [4.69, 9.17) is 38.4 Å². The Kier molecular flexibility index (Phi) is 6.59. The molecule has 0 saturated carbocycles. The molecule has 2 unspecified atom stereocenters. The zero-order valence-corrected chi connectivity index (χ0v) is 13.3. The van der Waals surface area contributed by atoms with Crippen LogP contribution in [0.5, 0.6) is 5.75 Å². The van der Waals surface area contributed by atoms with Gasteiger partial charge in [-0.25, -0.2) is 4.79 Å². The fourth-order valence-electron chi connectivity index (χ4n) is 1.73. The van der Waals surface area contributed by atoms with Gasteiger partial charge in [-0.1, -0.05) is 23.2 Å². The van der Waals surface area contributed by atoms with E-state index in [1.165, 1.54) is 0 Å². The van der Waals surface area contributed by atoms with E-state index < -0.39 is 12.1 Å². The van der Waals surface area contributed by atoms with Crippen LogP contribution in [0.4, 0.5) is 0 Å². The molecule has 6 heteroatoms. The molecule has 0 amide bonds. The predicted molar refractivity (Wildman–Crippen MR) is 80.5 cm³/mol. The van der Waals surface area contributed by atoms with Crippen LogP contribution < -0.4 is 10.5 Å². The monoisotopic (exact) mass is 319 g/mol. The summed E-state index contributed by atoms with van der Waals surface area (Å²) in [6.07, 6.45) is -0.203. The average Bonchev–Trinajstić information content (AvgIpc) is 2.32. The lowest BCUT2D eigenvalue weighted by atomic mass is 10.1. The average molecular weight is 320 g/mol. The summed E-state index contributed by atoms with van der Waals surface area (Å²) < 4.78 is 10.5. The largest absolute Gasteiger partial charge is 0.477 e. The van der Waals surface area contributed by atoms with E-state index >= 15 is 0 Å². The van der Waals surface area contributed by atoms with E-state index in [1.807, 2.05) is 6.92 Å². The SMILES string of the molecule is CCOC(=O)C(C)Oc1c(Cl)cc(Cl)cc1CC(C)N. The van der Waals surface area contributed by atoms with Gasteiger partial charge in [-0.2, -0.15) is 0 Å². The van der Waals surface area contributed by atoms with Gasteiger partial charge in [-0.05, 0) is 44.9 Å². The first-order valence-electron chi connectivity index (χ1n) is 6.42. The van der Waals surface area contributed by atoms with Crippen molar-refractivity contribution in [2.24, 2.45) is 5.73 Å². The molecule has 112 valence electrons. The Bertz CT molecular complexity index is 478. The van der Waals surface area contributed by atoms with Crippen molar-refractivity contribution in [3.05, 3.63) is 27.7 Å². The molecule has 1 rings (SSSR count). The zero-order valence-electron chi connectivity index (χ0n) is 11.8. The third-order valence-electron chi connectivity index (χ3n) is 2.54. The van der Waals surface area contributed by atoms with Gasteiger partial charge < -0.3 is 15.2 Å². The van der Waals surface area contributed by atoms with Gasteiger partial charge in [0.25, 0.3) is 0 Å². The Morgan fingerprint density at radius 2 is 2.00 bits per heavy atom. The normalized spacial score (nSPS) is 13.7. The van der Waals surface area contributed by atoms with Crippen molar-refractivity contribution >= 4 is 29.2 Å². The first-order valence-corrected chi connectivity index (χ1v) is 7.17. The third kappa shape index (κ3) is 4.85. The van der Waals surface area contributed by atoms with E-state index in [-0.39, 0.29) is 6.04 Å². The molecule has 0 heterocycles. The van der Waals surface area contributed by atoms with Crippen LogP contribution in [0.1, 0.15) is 26.3 Å². The van der Waals surface area contributed by atoms with Gasteiger partial charge in [0.2, 0.25) is 0 Å². The maximum atomic E-state index is 11.6. The van der Waals surface area contributed by atoms with E-state index in [9.17, 15) is 4.79 Å². The summed E-state index contributed by atoms with van der Waals surface area (Å²) >= 11 is 12.1. The molecule has 0 aromatic heterocycles. The van der Waals surface area contributed by atoms with Gasteiger partial charge >= 0.3 is 5.97 Å². The van der Waals surface area contributed by atoms with Crippen LogP contribution in [-0.2, 0) is 16.0 Å². The van der Waals surface area contributed by atoms with E-state index in [0.717, 1.165) is 5.56 Å². The predicted octanol–water partition coefficient (Wildman–Crippen LogP) is 3.21. The lowest BCUT2D eigenvalue weighted by Gasteiger charge is -2.18. The smallest absolute Gasteiger partial charge is 0.347 e. The second-order valence-corrected chi connectivity index (χ2v) is 5.41. The van der Waals surface area contributed by atoms with Crippen LogP contribution in [0.3, 0.4) is 0 Å². The van der Waals surface area contributed by atoms with Crippen molar-refractivity contribution in [3.63, 3.8) is 0 Å². The topological polar surface area (TPSA) is 61.5 Å². The lowest BCUT2D eigenvalue weighted by molar-refractivity contribution is -0.150. The Morgan fingerprint density at radius 3 is 2.55 bits per heavy atom.